The van der Waals surface area contributed by atoms with Gasteiger partial charge in [-0.2, -0.15) is 0 Å². The highest BCUT2D eigenvalue weighted by Gasteiger charge is 2.28. The SMILES string of the molecule is CCN(CCNC(=O)C(N)C1CCOCC1)C1CC1. The van der Waals surface area contributed by atoms with E-state index in [4.69, 9.17) is 10.5 Å². The van der Waals surface area contributed by atoms with E-state index in [-0.39, 0.29) is 17.9 Å². The summed E-state index contributed by atoms with van der Waals surface area (Å²) < 4.78 is 5.30. The fraction of sp³-hybridized carbons (Fsp3) is 0.929. The van der Waals surface area contributed by atoms with Crippen LogP contribution in [-0.2, 0) is 9.53 Å². The lowest BCUT2D eigenvalue weighted by Crippen LogP contribution is -2.48. The molecule has 1 amide bonds. The maximum absolute atomic E-state index is 12.0. The van der Waals surface area contributed by atoms with Gasteiger partial charge < -0.3 is 15.8 Å². The molecule has 1 aliphatic heterocycles. The van der Waals surface area contributed by atoms with Crippen molar-refractivity contribution in [1.82, 2.24) is 10.2 Å². The van der Waals surface area contributed by atoms with E-state index >= 15 is 0 Å². The molecular weight excluding hydrogens is 242 g/mol. The summed E-state index contributed by atoms with van der Waals surface area (Å²) in [5.41, 5.74) is 6.03. The minimum atomic E-state index is -0.375. The number of ether oxygens (including phenoxy) is 1. The van der Waals surface area contributed by atoms with Gasteiger partial charge >= 0.3 is 0 Å². The molecule has 2 fully saturated rings. The molecule has 1 aliphatic carbocycles. The van der Waals surface area contributed by atoms with E-state index in [1.54, 1.807) is 0 Å². The minimum absolute atomic E-state index is 0.00116. The summed E-state index contributed by atoms with van der Waals surface area (Å²) in [6, 6.07) is 0.381. The van der Waals surface area contributed by atoms with Gasteiger partial charge in [0.25, 0.3) is 0 Å². The van der Waals surface area contributed by atoms with E-state index < -0.39 is 0 Å². The van der Waals surface area contributed by atoms with Crippen molar-refractivity contribution in [2.24, 2.45) is 11.7 Å². The molecule has 0 radical (unpaired) electrons. The quantitative estimate of drug-likeness (QED) is 0.699. The van der Waals surface area contributed by atoms with Gasteiger partial charge in [-0.3, -0.25) is 9.69 Å². The fourth-order valence-corrected chi connectivity index (χ4v) is 2.77. The fourth-order valence-electron chi connectivity index (χ4n) is 2.77. The molecule has 110 valence electrons. The van der Waals surface area contributed by atoms with Gasteiger partial charge in [0.15, 0.2) is 0 Å². The zero-order chi connectivity index (χ0) is 13.7. The summed E-state index contributed by atoms with van der Waals surface area (Å²) in [5, 5.41) is 2.98. The normalized spacial score (nSPS) is 22.5. The molecule has 0 aromatic rings. The summed E-state index contributed by atoms with van der Waals surface area (Å²) in [7, 11) is 0. The third-order valence-corrected chi connectivity index (χ3v) is 4.24. The zero-order valence-corrected chi connectivity index (χ0v) is 11.9. The van der Waals surface area contributed by atoms with Gasteiger partial charge in [0.05, 0.1) is 6.04 Å². The molecule has 2 rings (SSSR count). The molecule has 1 atom stereocenters. The third-order valence-electron chi connectivity index (χ3n) is 4.24. The third kappa shape index (κ3) is 4.44. The van der Waals surface area contributed by atoms with Crippen molar-refractivity contribution >= 4 is 5.91 Å². The number of nitrogens with two attached hydrogens (primary N) is 1. The summed E-state index contributed by atoms with van der Waals surface area (Å²) in [6.07, 6.45) is 4.42. The number of likely N-dealkylation sites (N-methyl/N-ethyl adjacent to an activating group) is 1. The first-order valence-corrected chi connectivity index (χ1v) is 7.57. The van der Waals surface area contributed by atoms with Gasteiger partial charge in [-0.1, -0.05) is 6.92 Å². The molecule has 0 aromatic carbocycles. The molecule has 0 bridgehead atoms. The number of hydrogen-bond acceptors (Lipinski definition) is 4. The van der Waals surface area contributed by atoms with Gasteiger partial charge in [-0.25, -0.2) is 0 Å². The van der Waals surface area contributed by atoms with Crippen molar-refractivity contribution in [3.8, 4) is 0 Å². The Balaban J connectivity index is 1.65. The maximum atomic E-state index is 12.0. The summed E-state index contributed by atoms with van der Waals surface area (Å²) in [6.45, 7) is 6.35. The number of nitrogens with one attached hydrogen (secondary N) is 1. The number of carbonyl (C=O) groups excluding carboxylic acids is 1. The van der Waals surface area contributed by atoms with Crippen LogP contribution in [0.15, 0.2) is 0 Å². The number of carbonyl (C=O) groups is 1. The predicted molar refractivity (Wildman–Crippen MR) is 74.8 cm³/mol. The Bertz CT molecular complexity index is 288. The van der Waals surface area contributed by atoms with Gasteiger partial charge in [-0.15, -0.1) is 0 Å². The van der Waals surface area contributed by atoms with Crippen LogP contribution in [0.25, 0.3) is 0 Å². The van der Waals surface area contributed by atoms with Crippen molar-refractivity contribution in [1.29, 1.82) is 0 Å². The Morgan fingerprint density at radius 2 is 2.05 bits per heavy atom. The second-order valence-corrected chi connectivity index (χ2v) is 5.63. The first-order chi connectivity index (χ1) is 9.22. The van der Waals surface area contributed by atoms with Crippen LogP contribution < -0.4 is 11.1 Å². The lowest BCUT2D eigenvalue weighted by Gasteiger charge is -2.27. The molecule has 0 spiro atoms. The zero-order valence-electron chi connectivity index (χ0n) is 11.9. The van der Waals surface area contributed by atoms with Crippen molar-refractivity contribution in [3.05, 3.63) is 0 Å². The highest BCUT2D eigenvalue weighted by atomic mass is 16.5. The number of rotatable bonds is 7. The molecule has 1 unspecified atom stereocenters. The summed E-state index contributed by atoms with van der Waals surface area (Å²) in [4.78, 5) is 14.4. The molecule has 1 saturated carbocycles. The highest BCUT2D eigenvalue weighted by Crippen LogP contribution is 2.25. The van der Waals surface area contributed by atoms with Crippen molar-refractivity contribution in [2.75, 3.05) is 32.8 Å². The number of amides is 1. The van der Waals surface area contributed by atoms with E-state index in [1.165, 1.54) is 12.8 Å². The number of nitrogens with zero attached hydrogens (tertiary/aromatic N) is 1. The minimum Gasteiger partial charge on any atom is -0.381 e. The second kappa shape index (κ2) is 7.22. The van der Waals surface area contributed by atoms with Crippen LogP contribution in [0.4, 0.5) is 0 Å². The summed E-state index contributed by atoms with van der Waals surface area (Å²) in [5.74, 6) is 0.276. The Hall–Kier alpha value is -0.650. The molecule has 2 aliphatic rings. The second-order valence-electron chi connectivity index (χ2n) is 5.63. The van der Waals surface area contributed by atoms with Crippen LogP contribution in [-0.4, -0.2) is 55.7 Å². The average molecular weight is 269 g/mol. The van der Waals surface area contributed by atoms with Gasteiger partial charge in [-0.05, 0) is 38.1 Å². The van der Waals surface area contributed by atoms with Gasteiger partial charge in [0.1, 0.15) is 0 Å². The predicted octanol–water partition coefficient (Wildman–Crippen LogP) is 0.341. The van der Waals surface area contributed by atoms with E-state index in [1.807, 2.05) is 0 Å². The molecule has 3 N–H and O–H groups in total. The Kier molecular flexibility index (Phi) is 5.60. The maximum Gasteiger partial charge on any atom is 0.237 e. The molecule has 0 aromatic heterocycles. The van der Waals surface area contributed by atoms with E-state index in [0.717, 1.165) is 45.2 Å². The lowest BCUT2D eigenvalue weighted by molar-refractivity contribution is -0.124. The Morgan fingerprint density at radius 3 is 2.63 bits per heavy atom. The highest BCUT2D eigenvalue weighted by molar-refractivity contribution is 5.81. The Labute approximate surface area is 115 Å². The van der Waals surface area contributed by atoms with Gasteiger partial charge in [0.2, 0.25) is 5.91 Å². The molecular formula is C14H27N3O2. The van der Waals surface area contributed by atoms with E-state index in [0.29, 0.717) is 6.54 Å². The first kappa shape index (κ1) is 14.8. The Morgan fingerprint density at radius 1 is 1.37 bits per heavy atom. The molecule has 5 heteroatoms. The first-order valence-electron chi connectivity index (χ1n) is 7.57. The van der Waals surface area contributed by atoms with E-state index in [9.17, 15) is 4.79 Å². The molecule has 19 heavy (non-hydrogen) atoms. The standard InChI is InChI=1S/C14H27N3O2/c1-2-17(12-3-4-12)8-7-16-14(18)13(15)11-5-9-19-10-6-11/h11-13H,2-10,15H2,1H3,(H,16,18). The monoisotopic (exact) mass is 269 g/mol. The average Bonchev–Trinajstić information content (AvgIpc) is 3.28. The topological polar surface area (TPSA) is 67.6 Å². The number of hydrogen-bond donors (Lipinski definition) is 2. The van der Waals surface area contributed by atoms with E-state index in [2.05, 4.69) is 17.1 Å². The molecule has 5 nitrogen and oxygen atoms in total. The van der Waals surface area contributed by atoms with Crippen molar-refractivity contribution in [2.45, 2.75) is 44.7 Å². The van der Waals surface area contributed by atoms with Crippen LogP contribution in [0.2, 0.25) is 0 Å². The lowest BCUT2D eigenvalue weighted by atomic mass is 9.92. The van der Waals surface area contributed by atoms with Crippen LogP contribution in [0.1, 0.15) is 32.6 Å². The van der Waals surface area contributed by atoms with Crippen LogP contribution in [0.5, 0.6) is 0 Å². The smallest absolute Gasteiger partial charge is 0.237 e. The van der Waals surface area contributed by atoms with Crippen molar-refractivity contribution in [3.63, 3.8) is 0 Å². The van der Waals surface area contributed by atoms with Crippen molar-refractivity contribution < 1.29 is 9.53 Å². The van der Waals surface area contributed by atoms with Crippen LogP contribution in [0.3, 0.4) is 0 Å². The van der Waals surface area contributed by atoms with Gasteiger partial charge in [0, 0.05) is 32.3 Å². The van der Waals surface area contributed by atoms with Crippen LogP contribution in [0, 0.1) is 5.92 Å². The largest absolute Gasteiger partial charge is 0.381 e. The summed E-state index contributed by atoms with van der Waals surface area (Å²) >= 11 is 0. The van der Waals surface area contributed by atoms with Crippen LogP contribution >= 0.6 is 0 Å². The molecule has 1 saturated heterocycles. The molecule has 1 heterocycles.